The minimum absolute atomic E-state index is 0.115. The van der Waals surface area contributed by atoms with Crippen molar-refractivity contribution in [1.82, 2.24) is 9.80 Å². The summed E-state index contributed by atoms with van der Waals surface area (Å²) in [6.07, 6.45) is 2.52. The smallest absolute Gasteiger partial charge is 0.323 e. The first-order chi connectivity index (χ1) is 8.10. The number of hydrogen-bond acceptors (Lipinski definition) is 4. The van der Waals surface area contributed by atoms with Crippen molar-refractivity contribution in [2.45, 2.75) is 45.7 Å². The SMILES string of the molecule is CCOC(=O)C(C)N(C)CC1CCCN1CC. The Morgan fingerprint density at radius 1 is 1.53 bits per heavy atom. The van der Waals surface area contributed by atoms with Gasteiger partial charge in [0.15, 0.2) is 0 Å². The summed E-state index contributed by atoms with van der Waals surface area (Å²) in [6, 6.07) is 0.455. The van der Waals surface area contributed by atoms with Gasteiger partial charge in [-0.2, -0.15) is 0 Å². The number of carbonyl (C=O) groups is 1. The summed E-state index contributed by atoms with van der Waals surface area (Å²) in [5.74, 6) is -0.115. The largest absolute Gasteiger partial charge is 0.465 e. The van der Waals surface area contributed by atoms with E-state index in [2.05, 4.69) is 16.7 Å². The van der Waals surface area contributed by atoms with Gasteiger partial charge in [0.25, 0.3) is 0 Å². The summed E-state index contributed by atoms with van der Waals surface area (Å²) in [4.78, 5) is 16.2. The van der Waals surface area contributed by atoms with Gasteiger partial charge < -0.3 is 4.74 Å². The second kappa shape index (κ2) is 6.97. The number of carbonyl (C=O) groups excluding carboxylic acids is 1. The maximum Gasteiger partial charge on any atom is 0.323 e. The van der Waals surface area contributed by atoms with Gasteiger partial charge in [-0.25, -0.2) is 0 Å². The number of hydrogen-bond donors (Lipinski definition) is 0. The van der Waals surface area contributed by atoms with Crippen molar-refractivity contribution in [2.75, 3.05) is 33.3 Å². The molecule has 1 aliphatic heterocycles. The number of nitrogens with zero attached hydrogens (tertiary/aromatic N) is 2. The van der Waals surface area contributed by atoms with E-state index in [1.54, 1.807) is 0 Å². The molecule has 1 rings (SSSR count). The molecule has 0 saturated carbocycles. The van der Waals surface area contributed by atoms with Crippen LogP contribution in [0.25, 0.3) is 0 Å². The van der Waals surface area contributed by atoms with E-state index in [4.69, 9.17) is 4.74 Å². The van der Waals surface area contributed by atoms with Crippen LogP contribution in [0.4, 0.5) is 0 Å². The Hall–Kier alpha value is -0.610. The molecule has 100 valence electrons. The Kier molecular flexibility index (Phi) is 5.92. The van der Waals surface area contributed by atoms with Crippen LogP contribution in [0.5, 0.6) is 0 Å². The summed E-state index contributed by atoms with van der Waals surface area (Å²) in [6.45, 7) is 9.68. The van der Waals surface area contributed by atoms with E-state index in [-0.39, 0.29) is 12.0 Å². The van der Waals surface area contributed by atoms with Crippen LogP contribution in [-0.2, 0) is 9.53 Å². The normalized spacial score (nSPS) is 23.0. The summed E-state index contributed by atoms with van der Waals surface area (Å²) in [5.41, 5.74) is 0. The van der Waals surface area contributed by atoms with Crippen molar-refractivity contribution in [1.29, 1.82) is 0 Å². The molecule has 0 amide bonds. The van der Waals surface area contributed by atoms with Gasteiger partial charge in [-0.15, -0.1) is 0 Å². The summed E-state index contributed by atoms with van der Waals surface area (Å²) in [5, 5.41) is 0. The minimum atomic E-state index is -0.144. The molecule has 1 aliphatic rings. The summed E-state index contributed by atoms with van der Waals surface area (Å²) < 4.78 is 5.05. The van der Waals surface area contributed by atoms with Crippen molar-refractivity contribution >= 4 is 5.97 Å². The first-order valence-electron chi connectivity index (χ1n) is 6.71. The van der Waals surface area contributed by atoms with E-state index in [9.17, 15) is 4.79 Å². The third-order valence-electron chi connectivity index (χ3n) is 3.69. The molecular formula is C13H26N2O2. The van der Waals surface area contributed by atoms with E-state index < -0.39 is 0 Å². The van der Waals surface area contributed by atoms with Crippen LogP contribution in [0.15, 0.2) is 0 Å². The van der Waals surface area contributed by atoms with Crippen LogP contribution < -0.4 is 0 Å². The maximum atomic E-state index is 11.6. The molecule has 4 nitrogen and oxygen atoms in total. The first kappa shape index (κ1) is 14.5. The molecule has 2 unspecified atom stereocenters. The van der Waals surface area contributed by atoms with Gasteiger partial charge in [0.1, 0.15) is 6.04 Å². The molecular weight excluding hydrogens is 216 g/mol. The summed E-state index contributed by atoms with van der Waals surface area (Å²) in [7, 11) is 2.01. The molecule has 0 spiro atoms. The molecule has 0 aromatic rings. The van der Waals surface area contributed by atoms with Crippen LogP contribution in [0.2, 0.25) is 0 Å². The highest BCUT2D eigenvalue weighted by Gasteiger charge is 2.27. The first-order valence-corrected chi connectivity index (χ1v) is 6.71. The monoisotopic (exact) mass is 242 g/mol. The number of likely N-dealkylation sites (tertiary alicyclic amines) is 1. The molecule has 0 aliphatic carbocycles. The third kappa shape index (κ3) is 3.96. The number of ether oxygens (including phenoxy) is 1. The van der Waals surface area contributed by atoms with E-state index in [0.717, 1.165) is 13.1 Å². The predicted octanol–water partition coefficient (Wildman–Crippen LogP) is 1.35. The lowest BCUT2D eigenvalue weighted by molar-refractivity contribution is -0.148. The fourth-order valence-corrected chi connectivity index (χ4v) is 2.45. The van der Waals surface area contributed by atoms with E-state index in [1.807, 2.05) is 20.9 Å². The van der Waals surface area contributed by atoms with Gasteiger partial charge in [-0.05, 0) is 46.8 Å². The molecule has 0 aromatic heterocycles. The average Bonchev–Trinajstić information content (AvgIpc) is 2.75. The fourth-order valence-electron chi connectivity index (χ4n) is 2.45. The van der Waals surface area contributed by atoms with Crippen LogP contribution in [0.3, 0.4) is 0 Å². The lowest BCUT2D eigenvalue weighted by Gasteiger charge is -2.30. The van der Waals surface area contributed by atoms with Crippen molar-refractivity contribution in [3.05, 3.63) is 0 Å². The summed E-state index contributed by atoms with van der Waals surface area (Å²) >= 11 is 0. The maximum absolute atomic E-state index is 11.6. The molecule has 17 heavy (non-hydrogen) atoms. The molecule has 0 bridgehead atoms. The third-order valence-corrected chi connectivity index (χ3v) is 3.69. The highest BCUT2D eigenvalue weighted by molar-refractivity contribution is 5.75. The van der Waals surface area contributed by atoms with E-state index in [1.165, 1.54) is 19.4 Å². The molecule has 2 atom stereocenters. The van der Waals surface area contributed by atoms with Crippen LogP contribution in [0, 0.1) is 0 Å². The molecule has 1 fully saturated rings. The number of esters is 1. The molecule has 1 heterocycles. The van der Waals surface area contributed by atoms with Crippen LogP contribution >= 0.6 is 0 Å². The topological polar surface area (TPSA) is 32.8 Å². The Morgan fingerprint density at radius 2 is 2.24 bits per heavy atom. The molecule has 0 aromatic carbocycles. The standard InChI is InChI=1S/C13H26N2O2/c1-5-15-9-7-8-12(15)10-14(4)11(3)13(16)17-6-2/h11-12H,5-10H2,1-4H3. The number of likely N-dealkylation sites (N-methyl/N-ethyl adjacent to an activating group) is 2. The van der Waals surface area contributed by atoms with E-state index >= 15 is 0 Å². The second-order valence-electron chi connectivity index (χ2n) is 4.79. The Bertz CT molecular complexity index is 246. The zero-order valence-electron chi connectivity index (χ0n) is 11.6. The van der Waals surface area contributed by atoms with Crippen LogP contribution in [0.1, 0.15) is 33.6 Å². The van der Waals surface area contributed by atoms with Gasteiger partial charge in [0, 0.05) is 12.6 Å². The van der Waals surface area contributed by atoms with Gasteiger partial charge in [0.2, 0.25) is 0 Å². The van der Waals surface area contributed by atoms with Crippen molar-refractivity contribution in [2.24, 2.45) is 0 Å². The fraction of sp³-hybridized carbons (Fsp3) is 0.923. The Labute approximate surface area is 105 Å². The lowest BCUT2D eigenvalue weighted by Crippen LogP contribution is -2.45. The van der Waals surface area contributed by atoms with Gasteiger partial charge in [-0.1, -0.05) is 6.92 Å². The lowest BCUT2D eigenvalue weighted by atomic mass is 10.2. The zero-order valence-corrected chi connectivity index (χ0v) is 11.6. The Balaban J connectivity index is 2.42. The van der Waals surface area contributed by atoms with Gasteiger partial charge in [-0.3, -0.25) is 14.6 Å². The zero-order chi connectivity index (χ0) is 12.8. The predicted molar refractivity (Wildman–Crippen MR) is 69.0 cm³/mol. The van der Waals surface area contributed by atoms with Crippen molar-refractivity contribution in [3.8, 4) is 0 Å². The minimum Gasteiger partial charge on any atom is -0.465 e. The van der Waals surface area contributed by atoms with Crippen LogP contribution in [-0.4, -0.2) is 61.1 Å². The molecule has 0 N–H and O–H groups in total. The van der Waals surface area contributed by atoms with Crippen molar-refractivity contribution < 1.29 is 9.53 Å². The molecule has 0 radical (unpaired) electrons. The van der Waals surface area contributed by atoms with Gasteiger partial charge >= 0.3 is 5.97 Å². The highest BCUT2D eigenvalue weighted by Crippen LogP contribution is 2.18. The van der Waals surface area contributed by atoms with E-state index in [0.29, 0.717) is 12.6 Å². The second-order valence-corrected chi connectivity index (χ2v) is 4.79. The molecule has 1 saturated heterocycles. The highest BCUT2D eigenvalue weighted by atomic mass is 16.5. The number of rotatable bonds is 6. The molecule has 4 heteroatoms. The Morgan fingerprint density at radius 3 is 2.82 bits per heavy atom. The quantitative estimate of drug-likeness (QED) is 0.658. The van der Waals surface area contributed by atoms with Crippen molar-refractivity contribution in [3.63, 3.8) is 0 Å². The average molecular weight is 242 g/mol. The van der Waals surface area contributed by atoms with Gasteiger partial charge in [0.05, 0.1) is 6.61 Å².